The number of nitrogens with zero attached hydrogens (tertiary/aromatic N) is 2. The first-order valence-corrected chi connectivity index (χ1v) is 8.83. The van der Waals surface area contributed by atoms with Gasteiger partial charge in [-0.2, -0.15) is 5.26 Å². The first-order chi connectivity index (χ1) is 11.9. The predicted molar refractivity (Wildman–Crippen MR) is 103 cm³/mol. The molecule has 0 aliphatic carbocycles. The van der Waals surface area contributed by atoms with E-state index in [0.29, 0.717) is 16.3 Å². The lowest BCUT2D eigenvalue weighted by Crippen LogP contribution is -2.28. The summed E-state index contributed by atoms with van der Waals surface area (Å²) >= 11 is 9.38. The molecule has 0 spiro atoms. The van der Waals surface area contributed by atoms with Crippen molar-refractivity contribution in [3.8, 4) is 6.07 Å². The number of fused-ring (bicyclic) bond motifs is 1. The molecule has 1 atom stereocenters. The molecule has 126 valence electrons. The van der Waals surface area contributed by atoms with Crippen molar-refractivity contribution in [1.29, 1.82) is 5.26 Å². The van der Waals surface area contributed by atoms with Gasteiger partial charge in [0, 0.05) is 27.4 Å². The molecule has 1 unspecified atom stereocenters. The summed E-state index contributed by atoms with van der Waals surface area (Å²) in [5, 5.41) is 13.7. The van der Waals surface area contributed by atoms with Crippen molar-refractivity contribution in [2.45, 2.75) is 13.0 Å². The molecule has 1 heterocycles. The van der Waals surface area contributed by atoms with Gasteiger partial charge in [-0.3, -0.25) is 4.79 Å². The zero-order valence-corrected chi connectivity index (χ0v) is 16.0. The van der Waals surface area contributed by atoms with Crippen LogP contribution in [-0.4, -0.2) is 10.5 Å². The van der Waals surface area contributed by atoms with Crippen molar-refractivity contribution in [3.63, 3.8) is 0 Å². The normalized spacial score (nSPS) is 12.0. The molecule has 0 aliphatic heterocycles. The van der Waals surface area contributed by atoms with Crippen LogP contribution in [0.2, 0.25) is 5.02 Å². The van der Waals surface area contributed by atoms with Crippen molar-refractivity contribution in [3.05, 3.63) is 68.8 Å². The number of nitriles is 1. The third kappa shape index (κ3) is 3.41. The van der Waals surface area contributed by atoms with Gasteiger partial charge in [0.2, 0.25) is 0 Å². The number of carbonyl (C=O) groups is 1. The second-order valence-electron chi connectivity index (χ2n) is 5.84. The molecule has 1 aromatic heterocycles. The van der Waals surface area contributed by atoms with Crippen molar-refractivity contribution < 1.29 is 4.79 Å². The van der Waals surface area contributed by atoms with Gasteiger partial charge >= 0.3 is 0 Å². The Balaban J connectivity index is 1.87. The summed E-state index contributed by atoms with van der Waals surface area (Å²) < 4.78 is 2.56. The highest BCUT2D eigenvalue weighted by Gasteiger charge is 2.17. The molecule has 0 fully saturated rings. The Bertz CT molecular complexity index is 1020. The smallest absolute Gasteiger partial charge is 0.268 e. The van der Waals surface area contributed by atoms with E-state index in [1.807, 2.05) is 48.9 Å². The molecule has 1 amide bonds. The zero-order chi connectivity index (χ0) is 18.1. The summed E-state index contributed by atoms with van der Waals surface area (Å²) in [7, 11) is 1.84. The third-order valence-electron chi connectivity index (χ3n) is 4.20. The van der Waals surface area contributed by atoms with Crippen LogP contribution in [0, 0.1) is 11.3 Å². The summed E-state index contributed by atoms with van der Waals surface area (Å²) in [6, 6.07) is 14.8. The monoisotopic (exact) mass is 415 g/mol. The van der Waals surface area contributed by atoms with Crippen LogP contribution in [-0.2, 0) is 7.05 Å². The third-order valence-corrected chi connectivity index (χ3v) is 5.13. The van der Waals surface area contributed by atoms with Crippen LogP contribution in [0.1, 0.15) is 34.6 Å². The van der Waals surface area contributed by atoms with E-state index in [0.717, 1.165) is 20.9 Å². The van der Waals surface area contributed by atoms with Gasteiger partial charge in [-0.25, -0.2) is 0 Å². The van der Waals surface area contributed by atoms with Gasteiger partial charge in [0.1, 0.15) is 11.8 Å². The Morgan fingerprint density at radius 3 is 2.76 bits per heavy atom. The fourth-order valence-corrected chi connectivity index (χ4v) is 3.27. The van der Waals surface area contributed by atoms with Crippen LogP contribution in [0.4, 0.5) is 0 Å². The molecule has 0 saturated carbocycles. The van der Waals surface area contributed by atoms with Gasteiger partial charge in [-0.05, 0) is 58.7 Å². The highest BCUT2D eigenvalue weighted by atomic mass is 79.9. The highest BCUT2D eigenvalue weighted by Crippen LogP contribution is 2.24. The van der Waals surface area contributed by atoms with Crippen molar-refractivity contribution in [1.82, 2.24) is 9.88 Å². The van der Waals surface area contributed by atoms with Crippen LogP contribution in [0.25, 0.3) is 10.9 Å². The summed E-state index contributed by atoms with van der Waals surface area (Å²) in [4.78, 5) is 12.7. The van der Waals surface area contributed by atoms with Crippen molar-refractivity contribution in [2.24, 2.45) is 7.05 Å². The first kappa shape index (κ1) is 17.5. The van der Waals surface area contributed by atoms with E-state index in [1.54, 1.807) is 12.1 Å². The number of aryl methyl sites for hydroxylation is 1. The number of hydrogen-bond acceptors (Lipinski definition) is 2. The van der Waals surface area contributed by atoms with Gasteiger partial charge in [-0.15, -0.1) is 0 Å². The van der Waals surface area contributed by atoms with Gasteiger partial charge in [-0.1, -0.05) is 23.7 Å². The fourth-order valence-electron chi connectivity index (χ4n) is 2.77. The maximum absolute atomic E-state index is 12.7. The maximum atomic E-state index is 12.7. The van der Waals surface area contributed by atoms with Crippen LogP contribution >= 0.6 is 27.5 Å². The molecule has 3 aromatic rings. The molecule has 0 bridgehead atoms. The average Bonchev–Trinajstić information content (AvgIpc) is 2.91. The van der Waals surface area contributed by atoms with Crippen molar-refractivity contribution in [2.75, 3.05) is 0 Å². The van der Waals surface area contributed by atoms with E-state index in [4.69, 9.17) is 16.9 Å². The number of carbonyl (C=O) groups excluding carboxylic acids is 1. The quantitative estimate of drug-likeness (QED) is 0.656. The molecule has 1 N–H and O–H groups in total. The Hall–Kier alpha value is -2.29. The van der Waals surface area contributed by atoms with Crippen LogP contribution in [0.3, 0.4) is 0 Å². The molecule has 6 heteroatoms. The number of rotatable bonds is 3. The van der Waals surface area contributed by atoms with Gasteiger partial charge in [0.05, 0.1) is 11.6 Å². The zero-order valence-electron chi connectivity index (χ0n) is 13.7. The molecule has 0 radical (unpaired) electrons. The second-order valence-corrected chi connectivity index (χ2v) is 7.13. The maximum Gasteiger partial charge on any atom is 0.268 e. The minimum Gasteiger partial charge on any atom is -0.344 e. The van der Waals surface area contributed by atoms with Crippen molar-refractivity contribution >= 4 is 44.3 Å². The summed E-state index contributed by atoms with van der Waals surface area (Å²) in [5.74, 6) is -0.177. The Morgan fingerprint density at radius 1 is 1.28 bits per heavy atom. The van der Waals surface area contributed by atoms with Gasteiger partial charge in [0.25, 0.3) is 5.91 Å². The molecular formula is C19H15BrClN3O. The van der Waals surface area contributed by atoms with Crippen LogP contribution < -0.4 is 5.32 Å². The number of hydrogen-bond donors (Lipinski definition) is 1. The SMILES string of the molecule is CC(NC(=O)c1cc2ccc(Cl)cc2n1C)c1ccc(Br)c(C#N)c1. The summed E-state index contributed by atoms with van der Waals surface area (Å²) in [5.41, 5.74) is 2.87. The molecule has 0 saturated heterocycles. The number of halogens is 2. The number of aromatic nitrogens is 1. The topological polar surface area (TPSA) is 57.8 Å². The minimum absolute atomic E-state index is 0.177. The van der Waals surface area contributed by atoms with E-state index < -0.39 is 0 Å². The van der Waals surface area contributed by atoms with E-state index in [9.17, 15) is 4.79 Å². The second kappa shape index (κ2) is 6.91. The number of nitrogens with one attached hydrogen (secondary N) is 1. The van der Waals surface area contributed by atoms with E-state index in [2.05, 4.69) is 27.3 Å². The number of benzene rings is 2. The largest absolute Gasteiger partial charge is 0.344 e. The molecule has 25 heavy (non-hydrogen) atoms. The summed E-state index contributed by atoms with van der Waals surface area (Å²) in [6.07, 6.45) is 0. The van der Waals surface area contributed by atoms with E-state index >= 15 is 0 Å². The Kier molecular flexibility index (Phi) is 4.85. The van der Waals surface area contributed by atoms with E-state index in [-0.39, 0.29) is 11.9 Å². The molecule has 3 rings (SSSR count). The van der Waals surface area contributed by atoms with E-state index in [1.165, 1.54) is 0 Å². The first-order valence-electron chi connectivity index (χ1n) is 7.66. The molecule has 2 aromatic carbocycles. The van der Waals surface area contributed by atoms with Gasteiger partial charge in [0.15, 0.2) is 0 Å². The lowest BCUT2D eigenvalue weighted by atomic mass is 10.1. The average molecular weight is 417 g/mol. The Labute approximate surface area is 159 Å². The van der Waals surface area contributed by atoms with Crippen LogP contribution in [0.5, 0.6) is 0 Å². The summed E-state index contributed by atoms with van der Waals surface area (Å²) in [6.45, 7) is 1.89. The lowest BCUT2D eigenvalue weighted by Gasteiger charge is -2.15. The Morgan fingerprint density at radius 2 is 2.04 bits per heavy atom. The highest BCUT2D eigenvalue weighted by molar-refractivity contribution is 9.10. The van der Waals surface area contributed by atoms with Gasteiger partial charge < -0.3 is 9.88 Å². The minimum atomic E-state index is -0.227. The fraction of sp³-hybridized carbons (Fsp3) is 0.158. The molecular weight excluding hydrogens is 402 g/mol. The van der Waals surface area contributed by atoms with Crippen LogP contribution in [0.15, 0.2) is 46.9 Å². The number of amides is 1. The molecule has 0 aliphatic rings. The lowest BCUT2D eigenvalue weighted by molar-refractivity contribution is 0.0932. The molecule has 4 nitrogen and oxygen atoms in total. The standard InChI is InChI=1S/C19H15BrClN3O/c1-11(12-4-6-16(20)14(7-12)10-22)23-19(25)18-8-13-3-5-15(21)9-17(13)24(18)2/h3-9,11H,1-2H3,(H,23,25). The predicted octanol–water partition coefficient (Wildman–Crippen LogP) is 4.96.